The molecular formula is C19H20F3IN2O4S. The Hall–Kier alpha value is -1.73. The summed E-state index contributed by atoms with van der Waals surface area (Å²) in [4.78, 5) is 0. The molecule has 30 heavy (non-hydrogen) atoms. The summed E-state index contributed by atoms with van der Waals surface area (Å²) in [5.41, 5.74) is -1.11. The van der Waals surface area contributed by atoms with Gasteiger partial charge in [-0.3, -0.25) is 4.72 Å². The van der Waals surface area contributed by atoms with Crippen LogP contribution in [-0.2, 0) is 10.0 Å². The van der Waals surface area contributed by atoms with Crippen LogP contribution in [0.15, 0.2) is 24.3 Å². The molecule has 0 saturated heterocycles. The lowest BCUT2D eigenvalue weighted by Gasteiger charge is -2.22. The second kappa shape index (κ2) is 8.79. The SMILES string of the molecule is COc1cc(F)c(F)c(Nc2ccc(I)cc2F)c1NS(=O)(=O)C1(CCCO)CC1. The van der Waals surface area contributed by atoms with Crippen molar-refractivity contribution in [3.63, 3.8) is 0 Å². The monoisotopic (exact) mass is 556 g/mol. The summed E-state index contributed by atoms with van der Waals surface area (Å²) in [6.45, 7) is -0.162. The predicted molar refractivity (Wildman–Crippen MR) is 116 cm³/mol. The highest BCUT2D eigenvalue weighted by molar-refractivity contribution is 14.1. The summed E-state index contributed by atoms with van der Waals surface area (Å²) >= 11 is 1.90. The molecule has 3 rings (SSSR count). The molecule has 0 unspecified atom stereocenters. The van der Waals surface area contributed by atoms with Gasteiger partial charge in [0.25, 0.3) is 0 Å². The van der Waals surface area contributed by atoms with Crippen molar-refractivity contribution < 1.29 is 31.4 Å². The average molecular weight is 556 g/mol. The summed E-state index contributed by atoms with van der Waals surface area (Å²) in [7, 11) is -2.85. The number of hydrogen-bond donors (Lipinski definition) is 3. The zero-order chi connectivity index (χ0) is 22.1. The molecular weight excluding hydrogens is 536 g/mol. The van der Waals surface area contributed by atoms with Crippen molar-refractivity contribution >= 4 is 49.7 Å². The van der Waals surface area contributed by atoms with Crippen LogP contribution in [0.1, 0.15) is 25.7 Å². The Morgan fingerprint density at radius 2 is 1.87 bits per heavy atom. The molecule has 164 valence electrons. The second-order valence-electron chi connectivity index (χ2n) is 6.99. The van der Waals surface area contributed by atoms with Crippen LogP contribution in [0.25, 0.3) is 0 Å². The van der Waals surface area contributed by atoms with Gasteiger partial charge in [-0.2, -0.15) is 0 Å². The van der Waals surface area contributed by atoms with Crippen molar-refractivity contribution in [2.45, 2.75) is 30.4 Å². The molecule has 0 spiro atoms. The third kappa shape index (κ3) is 4.47. The number of benzene rings is 2. The molecule has 0 aromatic heterocycles. The largest absolute Gasteiger partial charge is 0.494 e. The van der Waals surface area contributed by atoms with Crippen LogP contribution in [-0.4, -0.2) is 32.0 Å². The van der Waals surface area contributed by atoms with E-state index < -0.39 is 37.9 Å². The maximum absolute atomic E-state index is 14.7. The first-order valence-corrected chi connectivity index (χ1v) is 11.6. The lowest BCUT2D eigenvalue weighted by atomic mass is 10.2. The van der Waals surface area contributed by atoms with Gasteiger partial charge in [0.05, 0.1) is 17.5 Å². The fourth-order valence-electron chi connectivity index (χ4n) is 3.14. The van der Waals surface area contributed by atoms with E-state index in [2.05, 4.69) is 10.0 Å². The normalized spacial score (nSPS) is 15.0. The molecule has 3 N–H and O–H groups in total. The van der Waals surface area contributed by atoms with Crippen LogP contribution >= 0.6 is 22.6 Å². The number of sulfonamides is 1. The van der Waals surface area contributed by atoms with E-state index in [1.165, 1.54) is 19.2 Å². The maximum atomic E-state index is 14.7. The summed E-state index contributed by atoms with van der Waals surface area (Å²) in [6, 6.07) is 4.79. The Balaban J connectivity index is 2.06. The number of nitrogens with one attached hydrogen (secondary N) is 2. The van der Waals surface area contributed by atoms with E-state index >= 15 is 0 Å². The van der Waals surface area contributed by atoms with Crippen molar-refractivity contribution in [1.29, 1.82) is 0 Å². The molecule has 0 radical (unpaired) electrons. The van der Waals surface area contributed by atoms with Gasteiger partial charge in [-0.25, -0.2) is 21.6 Å². The Kier molecular flexibility index (Phi) is 6.72. The molecule has 1 fully saturated rings. The van der Waals surface area contributed by atoms with Gasteiger partial charge in [0.1, 0.15) is 22.9 Å². The first kappa shape index (κ1) is 22.9. The third-order valence-electron chi connectivity index (χ3n) is 5.00. The van der Waals surface area contributed by atoms with Crippen molar-refractivity contribution in [3.8, 4) is 5.75 Å². The number of halogens is 4. The van der Waals surface area contributed by atoms with Gasteiger partial charge in [-0.05, 0) is 66.5 Å². The highest BCUT2D eigenvalue weighted by atomic mass is 127. The molecule has 0 amide bonds. The zero-order valence-electron chi connectivity index (χ0n) is 15.9. The lowest BCUT2D eigenvalue weighted by Crippen LogP contribution is -2.30. The quantitative estimate of drug-likeness (QED) is 0.396. The van der Waals surface area contributed by atoms with Gasteiger partial charge < -0.3 is 15.2 Å². The number of hydrogen-bond acceptors (Lipinski definition) is 5. The summed E-state index contributed by atoms with van der Waals surface area (Å²) in [5.74, 6) is -3.65. The molecule has 0 heterocycles. The Labute approximate surface area is 186 Å². The van der Waals surface area contributed by atoms with Crippen LogP contribution in [0.5, 0.6) is 5.75 Å². The molecule has 1 saturated carbocycles. The zero-order valence-corrected chi connectivity index (χ0v) is 18.9. The smallest absolute Gasteiger partial charge is 0.238 e. The van der Waals surface area contributed by atoms with Gasteiger partial charge >= 0.3 is 0 Å². The summed E-state index contributed by atoms with van der Waals surface area (Å²) < 4.78 is 76.0. The maximum Gasteiger partial charge on any atom is 0.238 e. The topological polar surface area (TPSA) is 87.7 Å². The van der Waals surface area contributed by atoms with Crippen LogP contribution in [0.3, 0.4) is 0 Å². The first-order valence-electron chi connectivity index (χ1n) is 9.05. The highest BCUT2D eigenvalue weighted by Crippen LogP contribution is 2.49. The number of anilines is 3. The number of methoxy groups -OCH3 is 1. The van der Waals surface area contributed by atoms with Crippen molar-refractivity contribution in [2.24, 2.45) is 0 Å². The van der Waals surface area contributed by atoms with E-state index in [0.29, 0.717) is 16.4 Å². The van der Waals surface area contributed by atoms with Crippen molar-refractivity contribution in [2.75, 3.05) is 23.8 Å². The van der Waals surface area contributed by atoms with Crippen molar-refractivity contribution in [1.82, 2.24) is 0 Å². The van der Waals surface area contributed by atoms with E-state index in [0.717, 1.165) is 6.07 Å². The van der Waals surface area contributed by atoms with Crippen LogP contribution < -0.4 is 14.8 Å². The van der Waals surface area contributed by atoms with E-state index in [9.17, 15) is 21.6 Å². The first-order chi connectivity index (χ1) is 14.1. The minimum absolute atomic E-state index is 0.162. The van der Waals surface area contributed by atoms with E-state index in [1.54, 1.807) is 6.07 Å². The minimum atomic E-state index is -4.03. The molecule has 11 heteroatoms. The van der Waals surface area contributed by atoms with E-state index in [1.807, 2.05) is 22.6 Å². The number of ether oxygens (including phenoxy) is 1. The molecule has 1 aliphatic carbocycles. The van der Waals surface area contributed by atoms with Crippen LogP contribution in [0, 0.1) is 21.0 Å². The fourth-order valence-corrected chi connectivity index (χ4v) is 5.34. The molecule has 2 aromatic carbocycles. The molecule has 0 bridgehead atoms. The molecule has 6 nitrogen and oxygen atoms in total. The van der Waals surface area contributed by atoms with Crippen molar-refractivity contribution in [3.05, 3.63) is 45.3 Å². The minimum Gasteiger partial charge on any atom is -0.494 e. The van der Waals surface area contributed by atoms with Crippen LogP contribution in [0.4, 0.5) is 30.2 Å². The molecule has 0 aliphatic heterocycles. The van der Waals surface area contributed by atoms with Gasteiger partial charge in [-0.15, -0.1) is 0 Å². The van der Waals surface area contributed by atoms with Gasteiger partial charge in [0, 0.05) is 16.2 Å². The Morgan fingerprint density at radius 3 is 2.43 bits per heavy atom. The van der Waals surface area contributed by atoms with Gasteiger partial charge in [-0.1, -0.05) is 0 Å². The lowest BCUT2D eigenvalue weighted by molar-refractivity contribution is 0.282. The molecule has 0 atom stereocenters. The van der Waals surface area contributed by atoms with E-state index in [4.69, 9.17) is 9.84 Å². The number of aliphatic hydroxyl groups excluding tert-OH is 1. The standard InChI is InChI=1S/C19H20F3IN2O4S/c1-29-15-10-13(21)16(22)18(24-14-4-3-11(23)9-12(14)20)17(15)25-30(27,28)19(6-7-19)5-2-8-26/h3-4,9-10,24-26H,2,5-8H2,1H3. The fraction of sp³-hybridized carbons (Fsp3) is 0.368. The van der Waals surface area contributed by atoms with Gasteiger partial charge in [0.2, 0.25) is 10.0 Å². The van der Waals surface area contributed by atoms with Gasteiger partial charge in [0.15, 0.2) is 11.6 Å². The summed E-state index contributed by atoms with van der Waals surface area (Å²) in [6.07, 6.45) is 1.26. The average Bonchev–Trinajstić information content (AvgIpc) is 3.49. The summed E-state index contributed by atoms with van der Waals surface area (Å²) in [5, 5.41) is 11.5. The third-order valence-corrected chi connectivity index (χ3v) is 7.90. The number of aliphatic hydroxyl groups is 1. The molecule has 2 aromatic rings. The highest BCUT2D eigenvalue weighted by Gasteiger charge is 2.54. The predicted octanol–water partition coefficient (Wildman–Crippen LogP) is 4.51. The molecule has 1 aliphatic rings. The number of rotatable bonds is 9. The van der Waals surface area contributed by atoms with Crippen LogP contribution in [0.2, 0.25) is 0 Å². The second-order valence-corrected chi connectivity index (χ2v) is 10.3. The van der Waals surface area contributed by atoms with E-state index in [-0.39, 0.29) is 36.6 Å². The Bertz CT molecular complexity index is 1060. The Morgan fingerprint density at radius 1 is 1.17 bits per heavy atom.